The van der Waals surface area contributed by atoms with Crippen LogP contribution in [-0.2, 0) is 15.3 Å². The first-order chi connectivity index (χ1) is 10.5. The Morgan fingerprint density at radius 1 is 1.18 bits per heavy atom. The molecule has 2 bridgehead atoms. The van der Waals surface area contributed by atoms with E-state index < -0.39 is 10.7 Å². The van der Waals surface area contributed by atoms with E-state index in [1.807, 2.05) is 6.92 Å². The first kappa shape index (κ1) is 13.9. The molecule has 1 saturated heterocycles. The molecule has 5 nitrogen and oxygen atoms in total. The number of fused-ring (bicyclic) bond motifs is 3. The lowest BCUT2D eigenvalue weighted by atomic mass is 9.76. The Morgan fingerprint density at radius 3 is 2.36 bits per heavy atom. The predicted molar refractivity (Wildman–Crippen MR) is 80.1 cm³/mol. The number of nitrogens with zero attached hydrogens (tertiary/aromatic N) is 1. The molecule has 0 radical (unpaired) electrons. The first-order valence-electron chi connectivity index (χ1n) is 7.72. The van der Waals surface area contributed by atoms with E-state index in [1.165, 1.54) is 18.6 Å². The SMILES string of the molecule is CC1(c2ccc([N+](=O)[O-])cc2)OCC2(CO1)C[C@H]1C=C[C@@H]2C1. The second-order valence-electron chi connectivity index (χ2n) is 6.88. The van der Waals surface area contributed by atoms with Crippen LogP contribution in [0.1, 0.15) is 25.3 Å². The zero-order chi connectivity index (χ0) is 15.4. The van der Waals surface area contributed by atoms with Crippen molar-refractivity contribution in [3.63, 3.8) is 0 Å². The topological polar surface area (TPSA) is 61.6 Å². The van der Waals surface area contributed by atoms with Crippen molar-refractivity contribution in [3.8, 4) is 0 Å². The molecule has 0 amide bonds. The number of ether oxygens (including phenoxy) is 2. The molecular formula is C17H19NO4. The van der Waals surface area contributed by atoms with Crippen LogP contribution >= 0.6 is 0 Å². The van der Waals surface area contributed by atoms with Crippen molar-refractivity contribution in [2.75, 3.05) is 13.2 Å². The average Bonchev–Trinajstić information content (AvgIpc) is 3.12. The van der Waals surface area contributed by atoms with Gasteiger partial charge in [0, 0.05) is 23.1 Å². The van der Waals surface area contributed by atoms with Gasteiger partial charge in [0.25, 0.3) is 5.69 Å². The van der Waals surface area contributed by atoms with Crippen molar-refractivity contribution < 1.29 is 14.4 Å². The fraction of sp³-hybridized carbons (Fsp3) is 0.529. The van der Waals surface area contributed by atoms with Gasteiger partial charge in [-0.15, -0.1) is 0 Å². The number of nitro benzene ring substituents is 1. The molecule has 116 valence electrons. The molecule has 0 unspecified atom stereocenters. The largest absolute Gasteiger partial charge is 0.345 e. The zero-order valence-electron chi connectivity index (χ0n) is 12.5. The summed E-state index contributed by atoms with van der Waals surface area (Å²) in [6.45, 7) is 3.27. The molecular weight excluding hydrogens is 282 g/mol. The van der Waals surface area contributed by atoms with Gasteiger partial charge in [0.05, 0.1) is 18.1 Å². The van der Waals surface area contributed by atoms with Crippen molar-refractivity contribution in [2.45, 2.75) is 25.6 Å². The summed E-state index contributed by atoms with van der Waals surface area (Å²) in [7, 11) is 0. The van der Waals surface area contributed by atoms with Crippen LogP contribution in [0.5, 0.6) is 0 Å². The van der Waals surface area contributed by atoms with Crippen LogP contribution in [0.4, 0.5) is 5.69 Å². The maximum Gasteiger partial charge on any atom is 0.269 e. The van der Waals surface area contributed by atoms with Crippen LogP contribution < -0.4 is 0 Å². The zero-order valence-corrected chi connectivity index (χ0v) is 12.5. The van der Waals surface area contributed by atoms with Crippen LogP contribution in [0.3, 0.4) is 0 Å². The van der Waals surface area contributed by atoms with Gasteiger partial charge in [-0.2, -0.15) is 0 Å². The monoisotopic (exact) mass is 301 g/mol. The fourth-order valence-corrected chi connectivity index (χ4v) is 4.08. The number of benzene rings is 1. The number of hydrogen-bond donors (Lipinski definition) is 0. The molecule has 1 heterocycles. The number of rotatable bonds is 2. The van der Waals surface area contributed by atoms with Gasteiger partial charge in [-0.25, -0.2) is 0 Å². The summed E-state index contributed by atoms with van der Waals surface area (Å²) < 4.78 is 12.2. The van der Waals surface area contributed by atoms with Gasteiger partial charge in [0.2, 0.25) is 0 Å². The van der Waals surface area contributed by atoms with E-state index in [0.29, 0.717) is 25.0 Å². The molecule has 22 heavy (non-hydrogen) atoms. The Balaban J connectivity index is 1.52. The smallest absolute Gasteiger partial charge is 0.269 e. The molecule has 4 rings (SSSR count). The van der Waals surface area contributed by atoms with Crippen molar-refractivity contribution in [1.82, 2.24) is 0 Å². The van der Waals surface area contributed by atoms with Crippen molar-refractivity contribution in [2.24, 2.45) is 17.3 Å². The molecule has 1 spiro atoms. The maximum absolute atomic E-state index is 10.7. The number of non-ortho nitro benzene ring substituents is 1. The second-order valence-corrected chi connectivity index (χ2v) is 6.88. The average molecular weight is 301 g/mol. The third kappa shape index (κ3) is 2.00. The Kier molecular flexibility index (Phi) is 2.93. The van der Waals surface area contributed by atoms with E-state index in [0.717, 1.165) is 12.0 Å². The number of hydrogen-bond acceptors (Lipinski definition) is 4. The third-order valence-electron chi connectivity index (χ3n) is 5.50. The van der Waals surface area contributed by atoms with Crippen LogP contribution in [0.2, 0.25) is 0 Å². The summed E-state index contributed by atoms with van der Waals surface area (Å²) >= 11 is 0. The lowest BCUT2D eigenvalue weighted by Crippen LogP contribution is -2.48. The van der Waals surface area contributed by atoms with E-state index in [-0.39, 0.29) is 11.1 Å². The van der Waals surface area contributed by atoms with Crippen LogP contribution in [0.15, 0.2) is 36.4 Å². The van der Waals surface area contributed by atoms with Gasteiger partial charge in [0.1, 0.15) is 0 Å². The van der Waals surface area contributed by atoms with Gasteiger partial charge in [0.15, 0.2) is 5.79 Å². The van der Waals surface area contributed by atoms with E-state index >= 15 is 0 Å². The van der Waals surface area contributed by atoms with Crippen molar-refractivity contribution in [3.05, 3.63) is 52.1 Å². The molecule has 3 aliphatic rings. The standard InChI is InChI=1S/C17H19NO4/c1-16(13-4-6-15(7-5-13)18(19)20)21-10-17(11-22-16)9-12-2-3-14(17)8-12/h2-7,12,14H,8-11H2,1H3/t12-,14+,16?,17?/m0/s1. The molecule has 5 heteroatoms. The van der Waals surface area contributed by atoms with E-state index in [2.05, 4.69) is 12.2 Å². The maximum atomic E-state index is 10.7. The summed E-state index contributed by atoms with van der Waals surface area (Å²) in [6, 6.07) is 6.43. The highest BCUT2D eigenvalue weighted by Gasteiger charge is 2.53. The summed E-state index contributed by atoms with van der Waals surface area (Å²) in [5, 5.41) is 10.7. The predicted octanol–water partition coefficient (Wildman–Crippen LogP) is 3.40. The normalized spacial score (nSPS) is 39.5. The second kappa shape index (κ2) is 4.64. The number of nitro groups is 1. The highest BCUT2D eigenvalue weighted by molar-refractivity contribution is 5.34. The van der Waals surface area contributed by atoms with Crippen LogP contribution in [-0.4, -0.2) is 18.1 Å². The lowest BCUT2D eigenvalue weighted by molar-refractivity contribution is -0.385. The summed E-state index contributed by atoms with van der Waals surface area (Å²) in [6.07, 6.45) is 7.00. The molecule has 1 aromatic carbocycles. The molecule has 2 atom stereocenters. The molecule has 0 N–H and O–H groups in total. The lowest BCUT2D eigenvalue weighted by Gasteiger charge is -2.46. The molecule has 2 fully saturated rings. The molecule has 1 saturated carbocycles. The molecule has 0 aromatic heterocycles. The Bertz CT molecular complexity index is 629. The van der Waals surface area contributed by atoms with Crippen LogP contribution in [0.25, 0.3) is 0 Å². The van der Waals surface area contributed by atoms with Crippen molar-refractivity contribution in [1.29, 1.82) is 0 Å². The Hall–Kier alpha value is -1.72. The fourth-order valence-electron chi connectivity index (χ4n) is 4.08. The van der Waals surface area contributed by atoms with Gasteiger partial charge in [-0.1, -0.05) is 12.2 Å². The van der Waals surface area contributed by atoms with Gasteiger partial charge < -0.3 is 9.47 Å². The minimum Gasteiger partial charge on any atom is -0.345 e. The van der Waals surface area contributed by atoms with E-state index in [1.54, 1.807) is 12.1 Å². The molecule has 1 aromatic rings. The third-order valence-corrected chi connectivity index (χ3v) is 5.50. The molecule has 1 aliphatic heterocycles. The Morgan fingerprint density at radius 2 is 1.86 bits per heavy atom. The minimum atomic E-state index is -0.814. The van der Waals surface area contributed by atoms with E-state index in [4.69, 9.17) is 9.47 Å². The van der Waals surface area contributed by atoms with Gasteiger partial charge in [-0.3, -0.25) is 10.1 Å². The van der Waals surface area contributed by atoms with Gasteiger partial charge in [-0.05, 0) is 43.7 Å². The summed E-state index contributed by atoms with van der Waals surface area (Å²) in [5.41, 5.74) is 1.03. The quantitative estimate of drug-likeness (QED) is 0.477. The highest BCUT2D eigenvalue weighted by Crippen LogP contribution is 2.55. The Labute approximate surface area is 129 Å². The highest BCUT2D eigenvalue weighted by atomic mass is 16.7. The summed E-state index contributed by atoms with van der Waals surface area (Å²) in [5.74, 6) is 0.436. The van der Waals surface area contributed by atoms with E-state index in [9.17, 15) is 10.1 Å². The van der Waals surface area contributed by atoms with Crippen molar-refractivity contribution >= 4 is 5.69 Å². The van der Waals surface area contributed by atoms with Gasteiger partial charge >= 0.3 is 0 Å². The minimum absolute atomic E-state index is 0.0814. The molecule has 2 aliphatic carbocycles. The first-order valence-corrected chi connectivity index (χ1v) is 7.72. The number of allylic oxidation sites excluding steroid dienone is 2. The van der Waals surface area contributed by atoms with Crippen LogP contribution in [0, 0.1) is 27.4 Å². The summed E-state index contributed by atoms with van der Waals surface area (Å²) in [4.78, 5) is 10.4.